The highest BCUT2D eigenvalue weighted by Gasteiger charge is 2.27. The van der Waals surface area contributed by atoms with Crippen LogP contribution >= 0.6 is 0 Å². The highest BCUT2D eigenvalue weighted by atomic mass is 16.5. The second kappa shape index (κ2) is 5.99. The Bertz CT molecular complexity index is 255. The Balaban J connectivity index is 2.27. The maximum absolute atomic E-state index is 11.6. The molecule has 1 aliphatic heterocycles. The van der Waals surface area contributed by atoms with E-state index in [9.17, 15) is 9.59 Å². The molecule has 92 valence electrons. The summed E-state index contributed by atoms with van der Waals surface area (Å²) in [6, 6.07) is 0. The molecule has 0 aromatic carbocycles. The molecule has 0 radical (unpaired) electrons. The lowest BCUT2D eigenvalue weighted by molar-refractivity contribution is -0.145. The summed E-state index contributed by atoms with van der Waals surface area (Å²) in [6.07, 6.45) is -0.0902. The van der Waals surface area contributed by atoms with Crippen molar-refractivity contribution in [3.05, 3.63) is 0 Å². The number of hydrogen-bond donors (Lipinski definition) is 0. The van der Waals surface area contributed by atoms with Crippen molar-refractivity contribution in [3.63, 3.8) is 0 Å². The highest BCUT2D eigenvalue weighted by Crippen LogP contribution is 2.21. The minimum absolute atomic E-state index is 0.0419. The number of hydrogen-bond acceptors (Lipinski definition) is 4. The lowest BCUT2D eigenvalue weighted by Crippen LogP contribution is -2.29. The van der Waals surface area contributed by atoms with Crippen molar-refractivity contribution in [1.82, 2.24) is 4.90 Å². The molecular weight excluding hydrogens is 206 g/mol. The van der Waals surface area contributed by atoms with E-state index in [0.29, 0.717) is 25.0 Å². The number of ketones is 1. The van der Waals surface area contributed by atoms with Gasteiger partial charge in [0.2, 0.25) is 0 Å². The van der Waals surface area contributed by atoms with E-state index in [4.69, 9.17) is 4.74 Å². The molecule has 2 unspecified atom stereocenters. The molecule has 0 spiro atoms. The molecule has 4 heteroatoms. The summed E-state index contributed by atoms with van der Waals surface area (Å²) in [5, 5.41) is 0. The highest BCUT2D eigenvalue weighted by molar-refractivity contribution is 5.96. The second-order valence-corrected chi connectivity index (χ2v) is 4.67. The lowest BCUT2D eigenvalue weighted by atomic mass is 10.0. The first-order chi connectivity index (χ1) is 7.52. The van der Waals surface area contributed by atoms with E-state index < -0.39 is 5.97 Å². The molecule has 4 nitrogen and oxygen atoms in total. The smallest absolute Gasteiger partial charge is 0.313 e. The van der Waals surface area contributed by atoms with Gasteiger partial charge in [0.25, 0.3) is 0 Å². The predicted octanol–water partition coefficient (Wildman–Crippen LogP) is 1.10. The predicted molar refractivity (Wildman–Crippen MR) is 61.0 cm³/mol. The van der Waals surface area contributed by atoms with Gasteiger partial charge in [0.15, 0.2) is 5.78 Å². The summed E-state index contributed by atoms with van der Waals surface area (Å²) < 4.78 is 4.74. The number of likely N-dealkylation sites (tertiary alicyclic amines) is 1. The van der Waals surface area contributed by atoms with Crippen LogP contribution in [0.3, 0.4) is 0 Å². The third-order valence-electron chi connectivity index (χ3n) is 3.11. The van der Waals surface area contributed by atoms with E-state index in [1.54, 1.807) is 6.92 Å². The van der Waals surface area contributed by atoms with E-state index in [0.717, 1.165) is 13.1 Å². The van der Waals surface area contributed by atoms with Crippen molar-refractivity contribution in [2.75, 3.05) is 26.2 Å². The number of rotatable bonds is 5. The van der Waals surface area contributed by atoms with Gasteiger partial charge in [0.05, 0.1) is 13.2 Å². The number of carbonyl (C=O) groups excluding carboxylic acids is 2. The van der Waals surface area contributed by atoms with Crippen LogP contribution in [0.2, 0.25) is 0 Å². The van der Waals surface area contributed by atoms with E-state index in [1.165, 1.54) is 0 Å². The average molecular weight is 227 g/mol. The van der Waals surface area contributed by atoms with Crippen LogP contribution in [-0.4, -0.2) is 42.9 Å². The van der Waals surface area contributed by atoms with Crippen LogP contribution in [0, 0.1) is 11.8 Å². The van der Waals surface area contributed by atoms with Crippen molar-refractivity contribution in [2.45, 2.75) is 27.2 Å². The zero-order valence-corrected chi connectivity index (χ0v) is 10.4. The number of Topliss-reactive ketones (excluding diaryl/α,β-unsaturated/α-hetero) is 1. The van der Waals surface area contributed by atoms with Crippen LogP contribution in [0.5, 0.6) is 0 Å². The Kier molecular flexibility index (Phi) is 4.93. The second-order valence-electron chi connectivity index (χ2n) is 4.67. The molecule has 0 aromatic heterocycles. The molecule has 0 N–H and O–H groups in total. The number of carbonyl (C=O) groups is 2. The van der Waals surface area contributed by atoms with Gasteiger partial charge in [0, 0.05) is 13.1 Å². The molecule has 1 fully saturated rings. The molecule has 2 atom stereocenters. The zero-order valence-electron chi connectivity index (χ0n) is 10.4. The van der Waals surface area contributed by atoms with Gasteiger partial charge in [-0.3, -0.25) is 14.5 Å². The minimum atomic E-state index is -0.409. The molecule has 0 saturated carbocycles. The van der Waals surface area contributed by atoms with Gasteiger partial charge in [0.1, 0.15) is 6.42 Å². The van der Waals surface area contributed by atoms with Gasteiger partial charge in [-0.25, -0.2) is 0 Å². The fourth-order valence-electron chi connectivity index (χ4n) is 2.06. The van der Waals surface area contributed by atoms with Crippen LogP contribution in [-0.2, 0) is 14.3 Å². The van der Waals surface area contributed by atoms with E-state index in [-0.39, 0.29) is 12.2 Å². The topological polar surface area (TPSA) is 46.6 Å². The fourth-order valence-corrected chi connectivity index (χ4v) is 2.06. The van der Waals surface area contributed by atoms with Gasteiger partial charge in [-0.1, -0.05) is 13.8 Å². The molecule has 1 saturated heterocycles. The molecule has 1 rings (SSSR count). The van der Waals surface area contributed by atoms with E-state index in [1.807, 2.05) is 0 Å². The van der Waals surface area contributed by atoms with Crippen LogP contribution in [0.4, 0.5) is 0 Å². The summed E-state index contributed by atoms with van der Waals surface area (Å²) >= 11 is 0. The molecule has 1 aliphatic rings. The SMILES string of the molecule is CCOC(=O)CC(=O)CN1CC(C)C(C)C1. The van der Waals surface area contributed by atoms with Crippen molar-refractivity contribution in [2.24, 2.45) is 11.8 Å². The van der Waals surface area contributed by atoms with Crippen LogP contribution in [0.15, 0.2) is 0 Å². The van der Waals surface area contributed by atoms with E-state index in [2.05, 4.69) is 18.7 Å². The standard InChI is InChI=1S/C12H21NO3/c1-4-16-12(15)5-11(14)8-13-6-9(2)10(3)7-13/h9-10H,4-8H2,1-3H3. The number of ether oxygens (including phenoxy) is 1. The van der Waals surface area contributed by atoms with Crippen molar-refractivity contribution in [1.29, 1.82) is 0 Å². The van der Waals surface area contributed by atoms with E-state index >= 15 is 0 Å². The first-order valence-corrected chi connectivity index (χ1v) is 5.92. The Labute approximate surface area is 96.9 Å². The molecule has 0 aliphatic carbocycles. The summed E-state index contributed by atoms with van der Waals surface area (Å²) in [6.45, 7) is 8.76. The Hall–Kier alpha value is -0.900. The summed E-state index contributed by atoms with van der Waals surface area (Å²) in [7, 11) is 0. The van der Waals surface area contributed by atoms with Gasteiger partial charge in [-0.05, 0) is 18.8 Å². The maximum Gasteiger partial charge on any atom is 0.313 e. The maximum atomic E-state index is 11.6. The third kappa shape index (κ3) is 3.93. The minimum Gasteiger partial charge on any atom is -0.466 e. The third-order valence-corrected chi connectivity index (χ3v) is 3.11. The molecule has 0 aromatic rings. The Morgan fingerprint density at radius 1 is 1.25 bits per heavy atom. The molecule has 0 amide bonds. The van der Waals surface area contributed by atoms with Crippen molar-refractivity contribution in [3.8, 4) is 0 Å². The van der Waals surface area contributed by atoms with Gasteiger partial charge >= 0.3 is 5.97 Å². The van der Waals surface area contributed by atoms with Gasteiger partial charge in [-0.2, -0.15) is 0 Å². The average Bonchev–Trinajstić information content (AvgIpc) is 2.45. The number of esters is 1. The first kappa shape index (κ1) is 13.2. The molecule has 1 heterocycles. The van der Waals surface area contributed by atoms with Crippen molar-refractivity contribution < 1.29 is 14.3 Å². The van der Waals surface area contributed by atoms with Crippen molar-refractivity contribution >= 4 is 11.8 Å². The lowest BCUT2D eigenvalue weighted by Gasteiger charge is -2.13. The normalized spacial score (nSPS) is 25.7. The van der Waals surface area contributed by atoms with Crippen LogP contribution in [0.1, 0.15) is 27.2 Å². The number of nitrogens with zero attached hydrogens (tertiary/aromatic N) is 1. The molecule has 16 heavy (non-hydrogen) atoms. The summed E-state index contributed by atoms with van der Waals surface area (Å²) in [4.78, 5) is 24.8. The van der Waals surface area contributed by atoms with Crippen LogP contribution in [0.25, 0.3) is 0 Å². The Morgan fingerprint density at radius 3 is 2.31 bits per heavy atom. The quantitative estimate of drug-likeness (QED) is 0.521. The molecular formula is C12H21NO3. The largest absolute Gasteiger partial charge is 0.466 e. The van der Waals surface area contributed by atoms with Crippen LogP contribution < -0.4 is 0 Å². The first-order valence-electron chi connectivity index (χ1n) is 5.92. The van der Waals surface area contributed by atoms with Gasteiger partial charge in [-0.15, -0.1) is 0 Å². The summed E-state index contributed by atoms with van der Waals surface area (Å²) in [5.74, 6) is 0.818. The molecule has 0 bridgehead atoms. The fraction of sp³-hybridized carbons (Fsp3) is 0.833. The zero-order chi connectivity index (χ0) is 12.1. The summed E-state index contributed by atoms with van der Waals surface area (Å²) in [5.41, 5.74) is 0. The van der Waals surface area contributed by atoms with Gasteiger partial charge < -0.3 is 4.74 Å². The Morgan fingerprint density at radius 2 is 1.81 bits per heavy atom. The monoisotopic (exact) mass is 227 g/mol.